The summed E-state index contributed by atoms with van der Waals surface area (Å²) >= 11 is 0. The molecular formula is C4H8NO3P. The van der Waals surface area contributed by atoms with Gasteiger partial charge in [-0.25, -0.2) is 0 Å². The summed E-state index contributed by atoms with van der Waals surface area (Å²) in [6.07, 6.45) is 1.24. The van der Waals surface area contributed by atoms with Gasteiger partial charge in [-0.15, -0.1) is 0 Å². The number of hydrogen-bond donors (Lipinski definition) is 2. The average Bonchev–Trinajstić information content (AvgIpc) is 2.08. The zero-order valence-electron chi connectivity index (χ0n) is 4.82. The predicted octanol–water partition coefficient (Wildman–Crippen LogP) is 0.356. The Morgan fingerprint density at radius 2 is 2.22 bits per heavy atom. The Labute approximate surface area is 52.8 Å². The first-order valence-electron chi connectivity index (χ1n) is 2.70. The zero-order chi connectivity index (χ0) is 6.91. The Kier molecular flexibility index (Phi) is 1.70. The van der Waals surface area contributed by atoms with E-state index in [1.54, 1.807) is 0 Å². The van der Waals surface area contributed by atoms with E-state index in [4.69, 9.17) is 9.79 Å². The fraction of sp³-hybridized carbons (Fsp3) is 0.750. The quantitative estimate of drug-likeness (QED) is 0.528. The molecule has 0 bridgehead atoms. The fourth-order valence-corrected chi connectivity index (χ4v) is 1.50. The van der Waals surface area contributed by atoms with E-state index in [2.05, 4.69) is 4.99 Å². The van der Waals surface area contributed by atoms with Gasteiger partial charge in [-0.3, -0.25) is 9.56 Å². The first-order chi connectivity index (χ1) is 4.11. The monoisotopic (exact) mass is 149 g/mol. The van der Waals surface area contributed by atoms with Gasteiger partial charge in [0.05, 0.1) is 0 Å². The van der Waals surface area contributed by atoms with Crippen molar-refractivity contribution in [2.24, 2.45) is 4.99 Å². The molecule has 1 heterocycles. The van der Waals surface area contributed by atoms with Gasteiger partial charge >= 0.3 is 7.60 Å². The predicted molar refractivity (Wildman–Crippen MR) is 33.6 cm³/mol. The van der Waals surface area contributed by atoms with Crippen molar-refractivity contribution in [1.29, 1.82) is 0 Å². The molecule has 0 aliphatic carbocycles. The van der Waals surface area contributed by atoms with Crippen LogP contribution in [0, 0.1) is 0 Å². The van der Waals surface area contributed by atoms with Gasteiger partial charge in [0.1, 0.15) is 5.45 Å². The maximum absolute atomic E-state index is 10.4. The van der Waals surface area contributed by atoms with Gasteiger partial charge in [-0.2, -0.15) is 0 Å². The molecule has 0 amide bonds. The Hall–Kier alpha value is -0.180. The molecule has 5 heteroatoms. The maximum Gasteiger partial charge on any atom is 0.369 e. The lowest BCUT2D eigenvalue weighted by Gasteiger charge is -1.99. The molecule has 0 atom stereocenters. The highest BCUT2D eigenvalue weighted by Crippen LogP contribution is 2.40. The van der Waals surface area contributed by atoms with Gasteiger partial charge in [0.25, 0.3) is 0 Å². The normalized spacial score (nSPS) is 20.0. The van der Waals surface area contributed by atoms with Crippen LogP contribution in [-0.2, 0) is 4.57 Å². The van der Waals surface area contributed by atoms with Gasteiger partial charge in [-0.05, 0) is 12.8 Å². The summed E-state index contributed by atoms with van der Waals surface area (Å²) in [5.74, 6) is 0. The van der Waals surface area contributed by atoms with Crippen molar-refractivity contribution >= 4 is 13.0 Å². The van der Waals surface area contributed by atoms with Crippen molar-refractivity contribution in [3.05, 3.63) is 0 Å². The fourth-order valence-electron chi connectivity index (χ4n) is 0.762. The van der Waals surface area contributed by atoms with Crippen LogP contribution in [0.2, 0.25) is 0 Å². The van der Waals surface area contributed by atoms with E-state index in [1.807, 2.05) is 0 Å². The van der Waals surface area contributed by atoms with Gasteiger partial charge in [-0.1, -0.05) is 0 Å². The maximum atomic E-state index is 10.4. The molecule has 0 aromatic rings. The van der Waals surface area contributed by atoms with Crippen LogP contribution in [0.25, 0.3) is 0 Å². The van der Waals surface area contributed by atoms with Crippen molar-refractivity contribution in [2.75, 3.05) is 6.54 Å². The molecule has 1 rings (SSSR count). The molecular weight excluding hydrogens is 141 g/mol. The third-order valence-corrected chi connectivity index (χ3v) is 2.23. The van der Waals surface area contributed by atoms with Crippen LogP contribution in [0.1, 0.15) is 12.8 Å². The minimum absolute atomic E-state index is 0.0718. The highest BCUT2D eigenvalue weighted by Gasteiger charge is 2.24. The minimum atomic E-state index is -3.96. The smallest absolute Gasteiger partial charge is 0.320 e. The summed E-state index contributed by atoms with van der Waals surface area (Å²) in [5, 5.41) is 0. The number of nitrogens with zero attached hydrogens (tertiary/aromatic N) is 1. The first kappa shape index (κ1) is 6.93. The molecule has 0 spiro atoms. The van der Waals surface area contributed by atoms with Crippen molar-refractivity contribution in [1.82, 2.24) is 0 Å². The lowest BCUT2D eigenvalue weighted by molar-refractivity contribution is 0.390. The van der Waals surface area contributed by atoms with Crippen LogP contribution in [0.5, 0.6) is 0 Å². The van der Waals surface area contributed by atoms with Crippen molar-refractivity contribution < 1.29 is 14.4 Å². The molecule has 4 nitrogen and oxygen atoms in total. The largest absolute Gasteiger partial charge is 0.369 e. The summed E-state index contributed by atoms with van der Waals surface area (Å²) in [4.78, 5) is 20.7. The van der Waals surface area contributed by atoms with E-state index >= 15 is 0 Å². The molecule has 9 heavy (non-hydrogen) atoms. The third-order valence-electron chi connectivity index (χ3n) is 1.19. The second-order valence-electron chi connectivity index (χ2n) is 1.95. The van der Waals surface area contributed by atoms with Crippen LogP contribution >= 0.6 is 7.60 Å². The lowest BCUT2D eigenvalue weighted by Crippen LogP contribution is -1.92. The first-order valence-corrected chi connectivity index (χ1v) is 4.31. The Morgan fingerprint density at radius 3 is 2.44 bits per heavy atom. The molecule has 0 aromatic heterocycles. The Bertz CT molecular complexity index is 182. The van der Waals surface area contributed by atoms with Crippen LogP contribution in [0.4, 0.5) is 0 Å². The van der Waals surface area contributed by atoms with Gasteiger partial charge in [0, 0.05) is 6.54 Å². The lowest BCUT2D eigenvalue weighted by atomic mass is 10.4. The molecule has 0 fully saturated rings. The molecule has 2 N–H and O–H groups in total. The second-order valence-corrected chi connectivity index (χ2v) is 3.55. The van der Waals surface area contributed by atoms with E-state index in [-0.39, 0.29) is 5.45 Å². The van der Waals surface area contributed by atoms with Gasteiger partial charge in [0.15, 0.2) is 0 Å². The Balaban J connectivity index is 2.73. The van der Waals surface area contributed by atoms with E-state index in [1.165, 1.54) is 0 Å². The topological polar surface area (TPSA) is 69.9 Å². The number of aliphatic imine (C=N–C) groups is 1. The molecule has 1 aliphatic rings. The summed E-state index contributed by atoms with van der Waals surface area (Å²) in [7, 11) is -3.96. The van der Waals surface area contributed by atoms with Crippen LogP contribution < -0.4 is 0 Å². The van der Waals surface area contributed by atoms with E-state index in [0.29, 0.717) is 13.0 Å². The molecule has 0 radical (unpaired) electrons. The van der Waals surface area contributed by atoms with Gasteiger partial charge < -0.3 is 9.79 Å². The molecule has 0 saturated heterocycles. The average molecular weight is 149 g/mol. The van der Waals surface area contributed by atoms with E-state index < -0.39 is 7.60 Å². The van der Waals surface area contributed by atoms with E-state index in [9.17, 15) is 4.57 Å². The summed E-state index contributed by atoms with van der Waals surface area (Å²) in [5.41, 5.74) is 0.0718. The van der Waals surface area contributed by atoms with Gasteiger partial charge in [0.2, 0.25) is 0 Å². The van der Waals surface area contributed by atoms with Crippen LogP contribution in [0.3, 0.4) is 0 Å². The van der Waals surface area contributed by atoms with Crippen molar-refractivity contribution in [3.8, 4) is 0 Å². The molecule has 0 unspecified atom stereocenters. The number of rotatable bonds is 1. The minimum Gasteiger partial charge on any atom is -0.320 e. The van der Waals surface area contributed by atoms with Crippen LogP contribution in [0.15, 0.2) is 4.99 Å². The molecule has 1 aliphatic heterocycles. The van der Waals surface area contributed by atoms with E-state index in [0.717, 1.165) is 6.42 Å². The second kappa shape index (κ2) is 2.21. The summed E-state index contributed by atoms with van der Waals surface area (Å²) in [6.45, 7) is 0.570. The Morgan fingerprint density at radius 1 is 1.56 bits per heavy atom. The molecule has 52 valence electrons. The van der Waals surface area contributed by atoms with Crippen LogP contribution in [-0.4, -0.2) is 21.8 Å². The van der Waals surface area contributed by atoms with Crippen molar-refractivity contribution in [3.63, 3.8) is 0 Å². The zero-order valence-corrected chi connectivity index (χ0v) is 5.71. The number of hydrogen-bond acceptors (Lipinski definition) is 2. The third kappa shape index (κ3) is 1.61. The summed E-state index contributed by atoms with van der Waals surface area (Å²) in [6, 6.07) is 0. The molecule has 0 aromatic carbocycles. The van der Waals surface area contributed by atoms with Crippen molar-refractivity contribution in [2.45, 2.75) is 12.8 Å². The highest BCUT2D eigenvalue weighted by atomic mass is 31.2. The SMILES string of the molecule is O=P(O)(O)C1=NCCC1. The summed E-state index contributed by atoms with van der Waals surface area (Å²) < 4.78 is 10.4. The highest BCUT2D eigenvalue weighted by molar-refractivity contribution is 7.70. The molecule has 0 saturated carbocycles. The standard InChI is InChI=1S/C4H8NO3P/c6-9(7,8)4-2-1-3-5-4/h1-3H2,(H2,6,7,8).